The number of aromatic nitrogens is 1. The van der Waals surface area contributed by atoms with E-state index in [-0.39, 0.29) is 11.6 Å². The van der Waals surface area contributed by atoms with E-state index in [1.54, 1.807) is 17.5 Å². The molecule has 1 aromatic heterocycles. The van der Waals surface area contributed by atoms with Gasteiger partial charge in [-0.05, 0) is 49.6 Å². The average Bonchev–Trinajstić information content (AvgIpc) is 3.16. The molecule has 1 heterocycles. The Kier molecular flexibility index (Phi) is 6.56. The van der Waals surface area contributed by atoms with Gasteiger partial charge in [0, 0.05) is 29.5 Å². The number of ether oxygens (including phenoxy) is 1. The van der Waals surface area contributed by atoms with Gasteiger partial charge in [-0.15, -0.1) is 11.3 Å². The van der Waals surface area contributed by atoms with Crippen molar-refractivity contribution < 1.29 is 14.5 Å². The first-order valence-corrected chi connectivity index (χ1v) is 10.0. The van der Waals surface area contributed by atoms with Gasteiger partial charge in [0.05, 0.1) is 17.2 Å². The molecule has 0 atom stereocenters. The van der Waals surface area contributed by atoms with Gasteiger partial charge >= 0.3 is 0 Å². The third-order valence-corrected chi connectivity index (χ3v) is 5.03. The van der Waals surface area contributed by atoms with Gasteiger partial charge in [-0.3, -0.25) is 14.9 Å². The molecular weight excluding hydrogens is 390 g/mol. The van der Waals surface area contributed by atoms with E-state index in [1.165, 1.54) is 23.5 Å². The Hall–Kier alpha value is -3.26. The second-order valence-electron chi connectivity index (χ2n) is 6.61. The number of rotatable bonds is 8. The molecule has 150 valence electrons. The molecule has 3 rings (SSSR count). The van der Waals surface area contributed by atoms with E-state index in [0.717, 1.165) is 22.4 Å². The third-order valence-electron chi connectivity index (χ3n) is 4.27. The number of hydrogen-bond acceptors (Lipinski definition) is 6. The van der Waals surface area contributed by atoms with Crippen LogP contribution in [0.4, 0.5) is 10.8 Å². The van der Waals surface area contributed by atoms with E-state index in [9.17, 15) is 14.9 Å². The summed E-state index contributed by atoms with van der Waals surface area (Å²) in [6.07, 6.45) is 0.928. The molecule has 0 spiro atoms. The van der Waals surface area contributed by atoms with Crippen molar-refractivity contribution >= 4 is 28.1 Å². The first-order valence-electron chi connectivity index (χ1n) is 9.12. The lowest BCUT2D eigenvalue weighted by atomic mass is 10.1. The highest BCUT2D eigenvalue weighted by Crippen LogP contribution is 2.26. The zero-order valence-electron chi connectivity index (χ0n) is 16.2. The number of nitro groups is 1. The van der Waals surface area contributed by atoms with Crippen molar-refractivity contribution in [3.8, 4) is 17.0 Å². The van der Waals surface area contributed by atoms with Crippen LogP contribution in [0.25, 0.3) is 11.3 Å². The molecule has 7 nitrogen and oxygen atoms in total. The molecule has 0 aliphatic heterocycles. The first kappa shape index (κ1) is 20.5. The maximum absolute atomic E-state index is 12.1. The fourth-order valence-corrected chi connectivity index (χ4v) is 3.41. The van der Waals surface area contributed by atoms with Crippen LogP contribution in [0.5, 0.6) is 5.75 Å². The number of nitro benzene ring substituents is 1. The largest absolute Gasteiger partial charge is 0.493 e. The van der Waals surface area contributed by atoms with Crippen molar-refractivity contribution in [1.82, 2.24) is 4.98 Å². The van der Waals surface area contributed by atoms with Gasteiger partial charge in [-0.1, -0.05) is 12.1 Å². The summed E-state index contributed by atoms with van der Waals surface area (Å²) in [5.41, 5.74) is 3.66. The van der Waals surface area contributed by atoms with E-state index in [4.69, 9.17) is 4.74 Å². The van der Waals surface area contributed by atoms with Gasteiger partial charge in [0.15, 0.2) is 5.13 Å². The van der Waals surface area contributed by atoms with Crippen molar-refractivity contribution in [3.05, 3.63) is 69.1 Å². The number of benzene rings is 2. The standard InChI is InChI=1S/C21H21N3O4S/c1-14-5-6-15(2)19(12-14)28-11-3-4-20(25)23-21-22-18(13-29-21)16-7-9-17(10-8-16)24(26)27/h5-10,12-13H,3-4,11H2,1-2H3,(H,22,23,25). The molecule has 2 aromatic carbocycles. The molecule has 0 bridgehead atoms. The summed E-state index contributed by atoms with van der Waals surface area (Å²) in [6.45, 7) is 4.47. The van der Waals surface area contributed by atoms with E-state index in [0.29, 0.717) is 30.3 Å². The Morgan fingerprint density at radius 2 is 1.97 bits per heavy atom. The lowest BCUT2D eigenvalue weighted by Gasteiger charge is -2.09. The fourth-order valence-electron chi connectivity index (χ4n) is 2.68. The third kappa shape index (κ3) is 5.61. The maximum atomic E-state index is 12.1. The predicted octanol–water partition coefficient (Wildman–Crippen LogP) is 5.13. The molecule has 0 aliphatic rings. The highest BCUT2D eigenvalue weighted by atomic mass is 32.1. The van der Waals surface area contributed by atoms with Crippen LogP contribution in [0.1, 0.15) is 24.0 Å². The molecule has 0 unspecified atom stereocenters. The molecule has 0 fully saturated rings. The number of anilines is 1. The van der Waals surface area contributed by atoms with Gasteiger partial charge in [-0.2, -0.15) is 0 Å². The summed E-state index contributed by atoms with van der Waals surface area (Å²) >= 11 is 1.31. The van der Waals surface area contributed by atoms with Crippen LogP contribution in [0.2, 0.25) is 0 Å². The van der Waals surface area contributed by atoms with Crippen molar-refractivity contribution in [1.29, 1.82) is 0 Å². The molecule has 0 saturated carbocycles. The molecule has 8 heteroatoms. The molecule has 1 amide bonds. The zero-order valence-corrected chi connectivity index (χ0v) is 17.0. The van der Waals surface area contributed by atoms with Crippen LogP contribution in [0, 0.1) is 24.0 Å². The van der Waals surface area contributed by atoms with Crippen LogP contribution < -0.4 is 10.1 Å². The number of thiazole rings is 1. The van der Waals surface area contributed by atoms with Crippen LogP contribution >= 0.6 is 11.3 Å². The van der Waals surface area contributed by atoms with Gasteiger partial charge in [0.1, 0.15) is 5.75 Å². The summed E-state index contributed by atoms with van der Waals surface area (Å²) in [6, 6.07) is 12.2. The second kappa shape index (κ2) is 9.29. The van der Waals surface area contributed by atoms with E-state index < -0.39 is 4.92 Å². The molecule has 0 saturated heterocycles. The number of carbonyl (C=O) groups excluding carboxylic acids is 1. The zero-order chi connectivity index (χ0) is 20.8. The summed E-state index contributed by atoms with van der Waals surface area (Å²) in [5, 5.41) is 15.8. The smallest absolute Gasteiger partial charge is 0.269 e. The van der Waals surface area contributed by atoms with Gasteiger partial charge in [0.25, 0.3) is 5.69 Å². The number of carbonyl (C=O) groups is 1. The quantitative estimate of drug-likeness (QED) is 0.315. The number of nitrogens with one attached hydrogen (secondary N) is 1. The number of non-ortho nitro benzene ring substituents is 1. The van der Waals surface area contributed by atoms with Crippen LogP contribution in [0.15, 0.2) is 47.8 Å². The number of nitrogens with zero attached hydrogens (tertiary/aromatic N) is 2. The molecule has 3 aromatic rings. The number of hydrogen-bond donors (Lipinski definition) is 1. The first-order chi connectivity index (χ1) is 13.9. The Bertz CT molecular complexity index is 1020. The van der Waals surface area contributed by atoms with Crippen molar-refractivity contribution in [2.75, 3.05) is 11.9 Å². The molecule has 0 radical (unpaired) electrons. The second-order valence-corrected chi connectivity index (χ2v) is 7.47. The summed E-state index contributed by atoms with van der Waals surface area (Å²) in [5.74, 6) is 0.720. The van der Waals surface area contributed by atoms with Gasteiger partial charge in [0.2, 0.25) is 5.91 Å². The molecule has 0 aliphatic carbocycles. The monoisotopic (exact) mass is 411 g/mol. The minimum atomic E-state index is -0.444. The lowest BCUT2D eigenvalue weighted by molar-refractivity contribution is -0.384. The normalized spacial score (nSPS) is 10.6. The number of aryl methyl sites for hydroxylation is 2. The average molecular weight is 411 g/mol. The fraction of sp³-hybridized carbons (Fsp3) is 0.238. The van der Waals surface area contributed by atoms with Gasteiger partial charge in [-0.25, -0.2) is 4.98 Å². The minimum Gasteiger partial charge on any atom is -0.493 e. The van der Waals surface area contributed by atoms with Crippen LogP contribution in [-0.4, -0.2) is 22.4 Å². The van der Waals surface area contributed by atoms with Crippen molar-refractivity contribution in [3.63, 3.8) is 0 Å². The minimum absolute atomic E-state index is 0.0283. The number of amides is 1. The molecule has 29 heavy (non-hydrogen) atoms. The van der Waals surface area contributed by atoms with Crippen LogP contribution in [-0.2, 0) is 4.79 Å². The summed E-state index contributed by atoms with van der Waals surface area (Å²) < 4.78 is 5.77. The Morgan fingerprint density at radius 3 is 2.69 bits per heavy atom. The molecular formula is C21H21N3O4S. The Labute approximate surface area is 172 Å². The van der Waals surface area contributed by atoms with Crippen LogP contribution in [0.3, 0.4) is 0 Å². The Balaban J connectivity index is 1.47. The highest BCUT2D eigenvalue weighted by molar-refractivity contribution is 7.14. The van der Waals surface area contributed by atoms with Crippen molar-refractivity contribution in [2.45, 2.75) is 26.7 Å². The predicted molar refractivity (Wildman–Crippen MR) is 113 cm³/mol. The van der Waals surface area contributed by atoms with Crippen molar-refractivity contribution in [2.24, 2.45) is 0 Å². The topological polar surface area (TPSA) is 94.4 Å². The SMILES string of the molecule is Cc1ccc(C)c(OCCCC(=O)Nc2nc(-c3ccc([N+](=O)[O-])cc3)cs2)c1. The van der Waals surface area contributed by atoms with E-state index in [1.807, 2.05) is 32.0 Å². The lowest BCUT2D eigenvalue weighted by Crippen LogP contribution is -2.12. The van der Waals surface area contributed by atoms with E-state index in [2.05, 4.69) is 10.3 Å². The van der Waals surface area contributed by atoms with E-state index >= 15 is 0 Å². The maximum Gasteiger partial charge on any atom is 0.269 e. The Morgan fingerprint density at radius 1 is 1.21 bits per heavy atom. The summed E-state index contributed by atoms with van der Waals surface area (Å²) in [7, 11) is 0. The highest BCUT2D eigenvalue weighted by Gasteiger charge is 2.10. The molecule has 1 N–H and O–H groups in total. The summed E-state index contributed by atoms with van der Waals surface area (Å²) in [4.78, 5) is 26.8. The van der Waals surface area contributed by atoms with Gasteiger partial charge < -0.3 is 10.1 Å².